The van der Waals surface area contributed by atoms with E-state index < -0.39 is 0 Å². The third kappa shape index (κ3) is 7.99. The molecule has 1 saturated heterocycles. The molecule has 0 radical (unpaired) electrons. The number of halogens is 1. The van der Waals surface area contributed by atoms with E-state index >= 15 is 0 Å². The monoisotopic (exact) mass is 571 g/mol. The van der Waals surface area contributed by atoms with E-state index in [0.29, 0.717) is 25.6 Å². The standard InChI is InChI=1S/C27H33N5O.HI/c1-28-27(30-18-22-11-13-23(14-12-22)20-32-16-5-6-17-32)31-19-25-10-7-15-29-26(25)33-21-24-8-3-2-4-9-24;/h2-4,7-15H,5-6,16-21H2,1H3,(H2,28,30,31);1H. The molecule has 34 heavy (non-hydrogen) atoms. The van der Waals surface area contributed by atoms with Crippen molar-refractivity contribution in [2.24, 2.45) is 4.99 Å². The van der Waals surface area contributed by atoms with Gasteiger partial charge < -0.3 is 15.4 Å². The Kier molecular flexibility index (Phi) is 10.6. The van der Waals surface area contributed by atoms with Crippen LogP contribution >= 0.6 is 24.0 Å². The van der Waals surface area contributed by atoms with Crippen molar-refractivity contribution in [2.45, 2.75) is 39.1 Å². The van der Waals surface area contributed by atoms with E-state index in [1.54, 1.807) is 13.2 Å². The largest absolute Gasteiger partial charge is 0.473 e. The molecule has 0 saturated carbocycles. The van der Waals surface area contributed by atoms with Gasteiger partial charge in [-0.3, -0.25) is 9.89 Å². The Labute approximate surface area is 219 Å². The maximum Gasteiger partial charge on any atom is 0.218 e. The Morgan fingerprint density at radius 2 is 1.59 bits per heavy atom. The summed E-state index contributed by atoms with van der Waals surface area (Å²) < 4.78 is 5.96. The molecule has 0 spiro atoms. The number of hydrogen-bond acceptors (Lipinski definition) is 4. The van der Waals surface area contributed by atoms with Gasteiger partial charge in [0.15, 0.2) is 5.96 Å². The van der Waals surface area contributed by atoms with Crippen molar-refractivity contribution in [1.29, 1.82) is 0 Å². The first-order valence-corrected chi connectivity index (χ1v) is 11.7. The molecule has 0 aliphatic carbocycles. The molecular formula is C27H34IN5O. The van der Waals surface area contributed by atoms with Gasteiger partial charge >= 0.3 is 0 Å². The Morgan fingerprint density at radius 1 is 0.882 bits per heavy atom. The van der Waals surface area contributed by atoms with Crippen LogP contribution in [0, 0.1) is 0 Å². The van der Waals surface area contributed by atoms with Crippen LogP contribution in [0.1, 0.15) is 35.1 Å². The average molecular weight is 572 g/mol. The first-order valence-electron chi connectivity index (χ1n) is 11.7. The van der Waals surface area contributed by atoms with Gasteiger partial charge in [-0.25, -0.2) is 4.98 Å². The van der Waals surface area contributed by atoms with Crippen LogP contribution in [0.5, 0.6) is 5.88 Å². The van der Waals surface area contributed by atoms with Crippen LogP contribution in [0.3, 0.4) is 0 Å². The maximum atomic E-state index is 5.96. The predicted molar refractivity (Wildman–Crippen MR) is 148 cm³/mol. The second-order valence-corrected chi connectivity index (χ2v) is 8.32. The highest BCUT2D eigenvalue weighted by molar-refractivity contribution is 14.0. The fourth-order valence-electron chi connectivity index (χ4n) is 3.96. The van der Waals surface area contributed by atoms with E-state index in [-0.39, 0.29) is 24.0 Å². The van der Waals surface area contributed by atoms with Crippen LogP contribution in [0.2, 0.25) is 0 Å². The molecule has 0 unspecified atom stereocenters. The van der Waals surface area contributed by atoms with Crippen LogP contribution in [0.25, 0.3) is 0 Å². The molecule has 7 heteroatoms. The van der Waals surface area contributed by atoms with Gasteiger partial charge in [-0.2, -0.15) is 0 Å². The topological polar surface area (TPSA) is 61.8 Å². The lowest BCUT2D eigenvalue weighted by atomic mass is 10.1. The summed E-state index contributed by atoms with van der Waals surface area (Å²) in [6.07, 6.45) is 4.41. The zero-order valence-corrected chi connectivity index (χ0v) is 22.1. The summed E-state index contributed by atoms with van der Waals surface area (Å²) in [7, 11) is 1.78. The van der Waals surface area contributed by atoms with Crippen molar-refractivity contribution in [3.8, 4) is 5.88 Å². The van der Waals surface area contributed by atoms with Gasteiger partial charge in [0, 0.05) is 38.4 Å². The number of hydrogen-bond donors (Lipinski definition) is 2. The second-order valence-electron chi connectivity index (χ2n) is 8.32. The minimum Gasteiger partial charge on any atom is -0.473 e. The molecule has 1 aliphatic rings. The summed E-state index contributed by atoms with van der Waals surface area (Å²) in [6.45, 7) is 5.28. The van der Waals surface area contributed by atoms with Crippen molar-refractivity contribution in [2.75, 3.05) is 20.1 Å². The molecule has 2 heterocycles. The molecule has 2 aromatic carbocycles. The van der Waals surface area contributed by atoms with Gasteiger partial charge in [-0.05, 0) is 48.7 Å². The number of aliphatic imine (C=N–C) groups is 1. The number of guanidine groups is 1. The molecule has 3 aromatic rings. The van der Waals surface area contributed by atoms with E-state index in [1.807, 2.05) is 42.5 Å². The molecule has 4 rings (SSSR count). The van der Waals surface area contributed by atoms with Gasteiger partial charge in [0.25, 0.3) is 0 Å². The molecule has 0 atom stereocenters. The second kappa shape index (κ2) is 13.9. The van der Waals surface area contributed by atoms with Crippen LogP contribution in [-0.2, 0) is 26.2 Å². The predicted octanol–water partition coefficient (Wildman–Crippen LogP) is 4.74. The highest BCUT2D eigenvalue weighted by atomic mass is 127. The minimum atomic E-state index is 0. The number of benzene rings is 2. The number of nitrogens with one attached hydrogen (secondary N) is 2. The van der Waals surface area contributed by atoms with Gasteiger partial charge in [0.05, 0.1) is 0 Å². The average Bonchev–Trinajstić information content (AvgIpc) is 3.38. The van der Waals surface area contributed by atoms with Crippen LogP contribution < -0.4 is 15.4 Å². The number of likely N-dealkylation sites (tertiary alicyclic amines) is 1. The van der Waals surface area contributed by atoms with E-state index in [2.05, 4.69) is 49.8 Å². The molecule has 180 valence electrons. The van der Waals surface area contributed by atoms with Crippen LogP contribution in [0.4, 0.5) is 0 Å². The van der Waals surface area contributed by atoms with E-state index in [9.17, 15) is 0 Å². The van der Waals surface area contributed by atoms with Crippen molar-refractivity contribution in [3.63, 3.8) is 0 Å². The molecule has 0 bridgehead atoms. The third-order valence-electron chi connectivity index (χ3n) is 5.83. The molecular weight excluding hydrogens is 537 g/mol. The summed E-state index contributed by atoms with van der Waals surface area (Å²) in [5, 5.41) is 6.76. The lowest BCUT2D eigenvalue weighted by Crippen LogP contribution is -2.36. The van der Waals surface area contributed by atoms with Gasteiger partial charge in [0.2, 0.25) is 5.88 Å². The fourth-order valence-corrected chi connectivity index (χ4v) is 3.96. The SMILES string of the molecule is CN=C(NCc1ccc(CN2CCCC2)cc1)NCc1cccnc1OCc1ccccc1.I. The fraction of sp³-hybridized carbons (Fsp3) is 0.333. The number of rotatable bonds is 9. The third-order valence-corrected chi connectivity index (χ3v) is 5.83. The number of pyridine rings is 1. The zero-order chi connectivity index (χ0) is 22.7. The first kappa shape index (κ1) is 26.0. The van der Waals surface area contributed by atoms with Crippen molar-refractivity contribution >= 4 is 29.9 Å². The zero-order valence-electron chi connectivity index (χ0n) is 19.7. The number of ether oxygens (including phenoxy) is 1. The Hall–Kier alpha value is -2.65. The lowest BCUT2D eigenvalue weighted by molar-refractivity contribution is 0.290. The molecule has 1 aliphatic heterocycles. The Bertz CT molecular complexity index is 1020. The van der Waals surface area contributed by atoms with Crippen LogP contribution in [-0.4, -0.2) is 36.0 Å². The highest BCUT2D eigenvalue weighted by Crippen LogP contribution is 2.16. The van der Waals surface area contributed by atoms with Crippen molar-refractivity contribution in [1.82, 2.24) is 20.5 Å². The van der Waals surface area contributed by atoms with E-state index in [1.165, 1.54) is 37.1 Å². The van der Waals surface area contributed by atoms with Gasteiger partial charge in [-0.15, -0.1) is 24.0 Å². The smallest absolute Gasteiger partial charge is 0.218 e. The summed E-state index contributed by atoms with van der Waals surface area (Å²) in [4.78, 5) is 11.3. The van der Waals surface area contributed by atoms with Crippen molar-refractivity contribution < 1.29 is 4.74 Å². The van der Waals surface area contributed by atoms with Crippen molar-refractivity contribution in [3.05, 3.63) is 95.2 Å². The Balaban J connectivity index is 0.00000324. The molecule has 1 aromatic heterocycles. The summed E-state index contributed by atoms with van der Waals surface area (Å²) in [6, 6.07) is 22.9. The normalized spacial score (nSPS) is 13.9. The minimum absolute atomic E-state index is 0. The van der Waals surface area contributed by atoms with Gasteiger partial charge in [0.1, 0.15) is 6.61 Å². The summed E-state index contributed by atoms with van der Waals surface area (Å²) in [5.41, 5.74) is 4.72. The molecule has 2 N–H and O–H groups in total. The van der Waals surface area contributed by atoms with Gasteiger partial charge in [-0.1, -0.05) is 60.7 Å². The maximum absolute atomic E-state index is 5.96. The lowest BCUT2D eigenvalue weighted by Gasteiger charge is -2.16. The first-order chi connectivity index (χ1) is 16.3. The summed E-state index contributed by atoms with van der Waals surface area (Å²) >= 11 is 0. The molecule has 1 fully saturated rings. The Morgan fingerprint density at radius 3 is 2.32 bits per heavy atom. The quantitative estimate of drug-likeness (QED) is 0.221. The van der Waals surface area contributed by atoms with E-state index in [4.69, 9.17) is 4.74 Å². The van der Waals surface area contributed by atoms with Crippen LogP contribution in [0.15, 0.2) is 77.9 Å². The number of nitrogens with zero attached hydrogens (tertiary/aromatic N) is 3. The molecule has 0 amide bonds. The van der Waals surface area contributed by atoms with E-state index in [0.717, 1.165) is 23.6 Å². The molecule has 6 nitrogen and oxygen atoms in total. The number of aromatic nitrogens is 1. The summed E-state index contributed by atoms with van der Waals surface area (Å²) in [5.74, 6) is 1.38. The highest BCUT2D eigenvalue weighted by Gasteiger charge is 2.11.